The van der Waals surface area contributed by atoms with Gasteiger partial charge in [0.2, 0.25) is 20.0 Å². The maximum atomic E-state index is 11.6. The van der Waals surface area contributed by atoms with Gasteiger partial charge in [0, 0.05) is 12.8 Å². The van der Waals surface area contributed by atoms with Crippen molar-refractivity contribution in [2.24, 2.45) is 5.14 Å². The lowest BCUT2D eigenvalue weighted by molar-refractivity contribution is 0.217. The van der Waals surface area contributed by atoms with Crippen LogP contribution in [0.4, 0.5) is 5.69 Å². The third-order valence-corrected chi connectivity index (χ3v) is 4.63. The summed E-state index contributed by atoms with van der Waals surface area (Å²) >= 11 is 0. The van der Waals surface area contributed by atoms with Crippen LogP contribution in [0.5, 0.6) is 0 Å². The molecule has 7 nitrogen and oxygen atoms in total. The number of anilines is 1. The number of sulfonamides is 2. The van der Waals surface area contributed by atoms with Crippen LogP contribution in [-0.2, 0) is 24.8 Å². The normalized spacial score (nSPS) is 12.4. The molecule has 0 saturated carbocycles. The molecule has 0 amide bonds. The predicted octanol–water partition coefficient (Wildman–Crippen LogP) is 0.0305. The number of nitrogens with one attached hydrogen (secondary N) is 1. The second-order valence-corrected chi connectivity index (χ2v) is 7.31. The van der Waals surface area contributed by atoms with Crippen LogP contribution in [0, 0.1) is 6.92 Å². The van der Waals surface area contributed by atoms with Crippen LogP contribution in [0.15, 0.2) is 23.1 Å². The first kappa shape index (κ1) is 15.9. The summed E-state index contributed by atoms with van der Waals surface area (Å²) in [5, 5.41) is 5.05. The molecule has 9 heteroatoms. The van der Waals surface area contributed by atoms with Crippen molar-refractivity contribution in [3.63, 3.8) is 0 Å². The van der Waals surface area contributed by atoms with E-state index in [1.807, 2.05) is 0 Å². The third-order valence-electron chi connectivity index (χ3n) is 2.32. The molecule has 1 aromatic rings. The number of hydrogen-bond acceptors (Lipinski definition) is 5. The molecule has 0 aliphatic heterocycles. The van der Waals surface area contributed by atoms with E-state index in [2.05, 4.69) is 9.46 Å². The molecule has 1 rings (SSSR count). The van der Waals surface area contributed by atoms with Crippen LogP contribution in [0.1, 0.15) is 5.56 Å². The van der Waals surface area contributed by atoms with Crippen molar-refractivity contribution in [2.75, 3.05) is 24.2 Å². The Hall–Kier alpha value is -1.16. The van der Waals surface area contributed by atoms with E-state index in [0.717, 1.165) is 0 Å². The Morgan fingerprint density at radius 1 is 1.26 bits per heavy atom. The molecule has 0 fully saturated rings. The predicted molar refractivity (Wildman–Crippen MR) is 71.8 cm³/mol. The van der Waals surface area contributed by atoms with Gasteiger partial charge >= 0.3 is 0 Å². The van der Waals surface area contributed by atoms with Gasteiger partial charge in [0.1, 0.15) is 0 Å². The Morgan fingerprint density at radius 3 is 2.42 bits per heavy atom. The summed E-state index contributed by atoms with van der Waals surface area (Å²) in [6.45, 7) is 1.62. The Morgan fingerprint density at radius 2 is 1.89 bits per heavy atom. The summed E-state index contributed by atoms with van der Waals surface area (Å²) in [6, 6.07) is 4.14. The van der Waals surface area contributed by atoms with E-state index in [1.165, 1.54) is 25.3 Å². The average Bonchev–Trinajstić information content (AvgIpc) is 2.27. The largest absolute Gasteiger partial charge is 0.384 e. The minimum atomic E-state index is -3.89. The molecule has 0 atom stereocenters. The minimum absolute atomic E-state index is 0.0449. The lowest BCUT2D eigenvalue weighted by Gasteiger charge is -2.10. The highest BCUT2D eigenvalue weighted by Gasteiger charge is 2.15. The molecular formula is C10H16N2O5S2. The first-order valence-corrected chi connectivity index (χ1v) is 8.48. The number of rotatable bonds is 6. The summed E-state index contributed by atoms with van der Waals surface area (Å²) < 4.78 is 52.9. The molecule has 0 aliphatic rings. The molecule has 1 aromatic carbocycles. The molecule has 108 valence electrons. The first-order valence-electron chi connectivity index (χ1n) is 5.28. The number of ether oxygens (including phenoxy) is 1. The van der Waals surface area contributed by atoms with E-state index in [0.29, 0.717) is 5.56 Å². The minimum Gasteiger partial charge on any atom is -0.384 e. The number of primary sulfonamides is 1. The number of benzene rings is 1. The Kier molecular flexibility index (Phi) is 4.91. The SMILES string of the molecule is COCCS(=O)(=O)Nc1ccc(C)c(S(N)(=O)=O)c1. The van der Waals surface area contributed by atoms with Crippen molar-refractivity contribution >= 4 is 25.7 Å². The van der Waals surface area contributed by atoms with Crippen LogP contribution < -0.4 is 9.86 Å². The fourth-order valence-corrected chi connectivity index (χ4v) is 3.18. The second-order valence-electron chi connectivity index (χ2n) is 3.94. The highest BCUT2D eigenvalue weighted by Crippen LogP contribution is 2.19. The highest BCUT2D eigenvalue weighted by atomic mass is 32.2. The molecule has 19 heavy (non-hydrogen) atoms. The molecule has 0 unspecified atom stereocenters. The molecule has 0 aromatic heterocycles. The zero-order valence-corrected chi connectivity index (χ0v) is 12.2. The zero-order chi connectivity index (χ0) is 14.7. The van der Waals surface area contributed by atoms with Crippen LogP contribution in [0.25, 0.3) is 0 Å². The Balaban J connectivity index is 3.05. The molecule has 0 aliphatic carbocycles. The van der Waals surface area contributed by atoms with Gasteiger partial charge in [-0.2, -0.15) is 0 Å². The number of hydrogen-bond donors (Lipinski definition) is 2. The fourth-order valence-electron chi connectivity index (χ4n) is 1.39. The van der Waals surface area contributed by atoms with Crippen molar-refractivity contribution in [1.82, 2.24) is 0 Å². The maximum absolute atomic E-state index is 11.6. The van der Waals surface area contributed by atoms with Crippen molar-refractivity contribution in [2.45, 2.75) is 11.8 Å². The summed E-state index contributed by atoms with van der Waals surface area (Å²) in [5.74, 6) is -0.220. The quantitative estimate of drug-likeness (QED) is 0.769. The van der Waals surface area contributed by atoms with Crippen molar-refractivity contribution in [3.05, 3.63) is 23.8 Å². The van der Waals surface area contributed by atoms with Crippen molar-refractivity contribution in [3.8, 4) is 0 Å². The molecular weight excluding hydrogens is 292 g/mol. The van der Waals surface area contributed by atoms with Gasteiger partial charge in [-0.25, -0.2) is 22.0 Å². The molecule has 3 N–H and O–H groups in total. The van der Waals surface area contributed by atoms with Gasteiger partial charge in [-0.15, -0.1) is 0 Å². The van der Waals surface area contributed by atoms with Crippen LogP contribution in [0.2, 0.25) is 0 Å². The molecule has 0 bridgehead atoms. The lowest BCUT2D eigenvalue weighted by Crippen LogP contribution is -2.20. The Labute approximate surface area is 112 Å². The molecule has 0 heterocycles. The monoisotopic (exact) mass is 308 g/mol. The number of aryl methyl sites for hydroxylation is 1. The van der Waals surface area contributed by atoms with E-state index in [-0.39, 0.29) is 22.9 Å². The lowest BCUT2D eigenvalue weighted by atomic mass is 10.2. The maximum Gasteiger partial charge on any atom is 0.238 e. The first-order chi connectivity index (χ1) is 8.65. The topological polar surface area (TPSA) is 116 Å². The summed E-state index contributed by atoms with van der Waals surface area (Å²) in [4.78, 5) is -0.112. The van der Waals surface area contributed by atoms with Gasteiger partial charge in [0.05, 0.1) is 17.3 Å². The van der Waals surface area contributed by atoms with E-state index in [4.69, 9.17) is 5.14 Å². The summed E-state index contributed by atoms with van der Waals surface area (Å²) in [6.07, 6.45) is 0. The Bertz CT molecular complexity index is 652. The van der Waals surface area contributed by atoms with Gasteiger partial charge in [-0.3, -0.25) is 4.72 Å². The van der Waals surface area contributed by atoms with Crippen LogP contribution in [-0.4, -0.2) is 36.3 Å². The summed E-state index contributed by atoms with van der Waals surface area (Å²) in [5.41, 5.74) is 0.591. The van der Waals surface area contributed by atoms with Crippen LogP contribution >= 0.6 is 0 Å². The van der Waals surface area contributed by atoms with E-state index in [9.17, 15) is 16.8 Å². The van der Waals surface area contributed by atoms with E-state index < -0.39 is 20.0 Å². The smallest absolute Gasteiger partial charge is 0.238 e. The van der Waals surface area contributed by atoms with Gasteiger partial charge in [0.25, 0.3) is 0 Å². The van der Waals surface area contributed by atoms with Gasteiger partial charge in [0.15, 0.2) is 0 Å². The van der Waals surface area contributed by atoms with E-state index >= 15 is 0 Å². The van der Waals surface area contributed by atoms with Gasteiger partial charge in [-0.05, 0) is 24.6 Å². The average molecular weight is 308 g/mol. The third kappa shape index (κ3) is 4.78. The molecule has 0 spiro atoms. The molecule has 0 saturated heterocycles. The summed E-state index contributed by atoms with van der Waals surface area (Å²) in [7, 11) is -6.08. The highest BCUT2D eigenvalue weighted by molar-refractivity contribution is 7.92. The van der Waals surface area contributed by atoms with Crippen molar-refractivity contribution < 1.29 is 21.6 Å². The van der Waals surface area contributed by atoms with Gasteiger partial charge in [-0.1, -0.05) is 6.07 Å². The molecule has 0 radical (unpaired) electrons. The second kappa shape index (κ2) is 5.87. The fraction of sp³-hybridized carbons (Fsp3) is 0.400. The van der Waals surface area contributed by atoms with E-state index in [1.54, 1.807) is 6.92 Å². The van der Waals surface area contributed by atoms with Gasteiger partial charge < -0.3 is 4.74 Å². The standard InChI is InChI=1S/C10H16N2O5S2/c1-8-3-4-9(7-10(8)19(11,15)16)12-18(13,14)6-5-17-2/h3-4,7,12H,5-6H2,1-2H3,(H2,11,15,16). The number of nitrogens with two attached hydrogens (primary N) is 1. The van der Waals surface area contributed by atoms with Crippen LogP contribution in [0.3, 0.4) is 0 Å². The van der Waals surface area contributed by atoms with Crippen molar-refractivity contribution in [1.29, 1.82) is 0 Å². The number of methoxy groups -OCH3 is 1. The zero-order valence-electron chi connectivity index (χ0n) is 10.6.